The van der Waals surface area contributed by atoms with Gasteiger partial charge < -0.3 is 5.32 Å². The van der Waals surface area contributed by atoms with Crippen LogP contribution in [0.4, 0.5) is 5.82 Å². The van der Waals surface area contributed by atoms with Crippen molar-refractivity contribution < 1.29 is 0 Å². The van der Waals surface area contributed by atoms with E-state index in [0.29, 0.717) is 6.04 Å². The molecule has 0 aliphatic heterocycles. The van der Waals surface area contributed by atoms with Crippen molar-refractivity contribution in [3.05, 3.63) is 23.9 Å². The van der Waals surface area contributed by atoms with Crippen LogP contribution in [-0.2, 0) is 6.42 Å². The number of anilines is 1. The molecule has 0 atom stereocenters. The summed E-state index contributed by atoms with van der Waals surface area (Å²) in [5.41, 5.74) is 1.28. The third-order valence-corrected chi connectivity index (χ3v) is 1.70. The van der Waals surface area contributed by atoms with Crippen molar-refractivity contribution in [3.63, 3.8) is 0 Å². The predicted molar refractivity (Wildman–Crippen MR) is 52.4 cm³/mol. The molecule has 0 aliphatic rings. The maximum atomic E-state index is 4.28. The molecule has 0 radical (unpaired) electrons. The highest BCUT2D eigenvalue weighted by molar-refractivity contribution is 5.44. The number of hydrogen-bond acceptors (Lipinski definition) is 2. The number of nitrogens with zero attached hydrogens (tertiary/aromatic N) is 1. The average molecular weight is 164 g/mol. The first-order valence-corrected chi connectivity index (χ1v) is 4.44. The zero-order valence-electron chi connectivity index (χ0n) is 7.96. The van der Waals surface area contributed by atoms with Crippen LogP contribution in [0, 0.1) is 0 Å². The van der Waals surface area contributed by atoms with Crippen molar-refractivity contribution in [1.82, 2.24) is 4.98 Å². The second-order valence-electron chi connectivity index (χ2n) is 3.16. The second kappa shape index (κ2) is 4.10. The van der Waals surface area contributed by atoms with E-state index in [2.05, 4.69) is 37.1 Å². The Kier molecular flexibility index (Phi) is 3.09. The first-order chi connectivity index (χ1) is 5.74. The summed E-state index contributed by atoms with van der Waals surface area (Å²) < 4.78 is 0. The van der Waals surface area contributed by atoms with Crippen molar-refractivity contribution >= 4 is 5.82 Å². The molecule has 0 fully saturated rings. The maximum Gasteiger partial charge on any atom is 0.129 e. The van der Waals surface area contributed by atoms with Crippen LogP contribution in [0.15, 0.2) is 18.3 Å². The lowest BCUT2D eigenvalue weighted by Gasteiger charge is -2.11. The molecular weight excluding hydrogens is 148 g/mol. The Hall–Kier alpha value is -1.05. The highest BCUT2D eigenvalue weighted by Crippen LogP contribution is 2.12. The lowest BCUT2D eigenvalue weighted by Crippen LogP contribution is -2.12. The molecule has 0 unspecified atom stereocenters. The van der Waals surface area contributed by atoms with Gasteiger partial charge >= 0.3 is 0 Å². The van der Waals surface area contributed by atoms with Gasteiger partial charge in [0.15, 0.2) is 0 Å². The monoisotopic (exact) mass is 164 g/mol. The second-order valence-corrected chi connectivity index (χ2v) is 3.16. The van der Waals surface area contributed by atoms with Gasteiger partial charge in [0.25, 0.3) is 0 Å². The summed E-state index contributed by atoms with van der Waals surface area (Å²) >= 11 is 0. The quantitative estimate of drug-likeness (QED) is 0.742. The molecule has 0 aliphatic carbocycles. The Morgan fingerprint density at radius 3 is 2.83 bits per heavy atom. The Labute approximate surface area is 74.0 Å². The summed E-state index contributed by atoms with van der Waals surface area (Å²) in [7, 11) is 0. The van der Waals surface area contributed by atoms with E-state index in [4.69, 9.17) is 0 Å². The van der Waals surface area contributed by atoms with Gasteiger partial charge in [-0.15, -0.1) is 0 Å². The standard InChI is InChI=1S/C10H16N2/c1-4-9-6-5-7-11-10(9)12-8(2)3/h5-8H,4H2,1-3H3,(H,11,12). The van der Waals surface area contributed by atoms with E-state index in [0.717, 1.165) is 12.2 Å². The van der Waals surface area contributed by atoms with Crippen molar-refractivity contribution in [2.75, 3.05) is 5.32 Å². The molecule has 1 heterocycles. The van der Waals surface area contributed by atoms with Crippen LogP contribution >= 0.6 is 0 Å². The molecule has 66 valence electrons. The van der Waals surface area contributed by atoms with Gasteiger partial charge in [0.2, 0.25) is 0 Å². The summed E-state index contributed by atoms with van der Waals surface area (Å²) in [5, 5.41) is 3.31. The van der Waals surface area contributed by atoms with E-state index in [1.807, 2.05) is 12.3 Å². The van der Waals surface area contributed by atoms with E-state index >= 15 is 0 Å². The average Bonchev–Trinajstić information content (AvgIpc) is 2.04. The third kappa shape index (κ3) is 2.22. The van der Waals surface area contributed by atoms with E-state index < -0.39 is 0 Å². The third-order valence-electron chi connectivity index (χ3n) is 1.70. The number of pyridine rings is 1. The van der Waals surface area contributed by atoms with E-state index in [9.17, 15) is 0 Å². The van der Waals surface area contributed by atoms with Crippen molar-refractivity contribution in [2.24, 2.45) is 0 Å². The summed E-state index contributed by atoms with van der Waals surface area (Å²) in [6, 6.07) is 4.53. The molecule has 0 amide bonds. The molecule has 12 heavy (non-hydrogen) atoms. The predicted octanol–water partition coefficient (Wildman–Crippen LogP) is 2.46. The topological polar surface area (TPSA) is 24.9 Å². The molecule has 0 spiro atoms. The lowest BCUT2D eigenvalue weighted by atomic mass is 10.2. The van der Waals surface area contributed by atoms with E-state index in [1.54, 1.807) is 0 Å². The number of nitrogens with one attached hydrogen (secondary N) is 1. The normalized spacial score (nSPS) is 10.3. The minimum atomic E-state index is 0.449. The number of rotatable bonds is 3. The number of hydrogen-bond donors (Lipinski definition) is 1. The van der Waals surface area contributed by atoms with Crippen LogP contribution in [0.1, 0.15) is 26.3 Å². The van der Waals surface area contributed by atoms with Gasteiger partial charge in [-0.05, 0) is 31.9 Å². The number of aryl methyl sites for hydroxylation is 1. The van der Waals surface area contributed by atoms with E-state index in [-0.39, 0.29) is 0 Å². The summed E-state index contributed by atoms with van der Waals surface area (Å²) in [4.78, 5) is 4.28. The van der Waals surface area contributed by atoms with Gasteiger partial charge in [-0.2, -0.15) is 0 Å². The first-order valence-electron chi connectivity index (χ1n) is 4.44. The molecule has 0 aromatic carbocycles. The van der Waals surface area contributed by atoms with Gasteiger partial charge in [-0.3, -0.25) is 0 Å². The molecule has 0 saturated heterocycles. The zero-order chi connectivity index (χ0) is 8.97. The van der Waals surface area contributed by atoms with Gasteiger partial charge in [0.05, 0.1) is 0 Å². The number of aromatic nitrogens is 1. The van der Waals surface area contributed by atoms with Gasteiger partial charge in [0.1, 0.15) is 5.82 Å². The highest BCUT2D eigenvalue weighted by atomic mass is 15.0. The van der Waals surface area contributed by atoms with Crippen LogP contribution in [-0.4, -0.2) is 11.0 Å². The molecule has 2 heteroatoms. The fraction of sp³-hybridized carbons (Fsp3) is 0.500. The SMILES string of the molecule is CCc1cccnc1NC(C)C. The van der Waals surface area contributed by atoms with E-state index in [1.165, 1.54) is 5.56 Å². The van der Waals surface area contributed by atoms with Crippen LogP contribution in [0.25, 0.3) is 0 Å². The minimum absolute atomic E-state index is 0.449. The Morgan fingerprint density at radius 2 is 2.25 bits per heavy atom. The first kappa shape index (κ1) is 9.04. The Balaban J connectivity index is 2.82. The summed E-state index contributed by atoms with van der Waals surface area (Å²) in [5.74, 6) is 1.02. The molecular formula is C10H16N2. The molecule has 1 N–H and O–H groups in total. The van der Waals surface area contributed by atoms with Crippen LogP contribution < -0.4 is 5.32 Å². The largest absolute Gasteiger partial charge is 0.368 e. The molecule has 0 saturated carbocycles. The molecule has 0 bridgehead atoms. The minimum Gasteiger partial charge on any atom is -0.368 e. The van der Waals surface area contributed by atoms with Crippen LogP contribution in [0.3, 0.4) is 0 Å². The highest BCUT2D eigenvalue weighted by Gasteiger charge is 2.00. The smallest absolute Gasteiger partial charge is 0.129 e. The van der Waals surface area contributed by atoms with Gasteiger partial charge in [-0.25, -0.2) is 4.98 Å². The fourth-order valence-corrected chi connectivity index (χ4v) is 1.13. The fourth-order valence-electron chi connectivity index (χ4n) is 1.13. The molecule has 1 aromatic heterocycles. The molecule has 1 aromatic rings. The molecule has 1 rings (SSSR count). The molecule has 2 nitrogen and oxygen atoms in total. The summed E-state index contributed by atoms with van der Waals surface area (Å²) in [6.07, 6.45) is 2.85. The van der Waals surface area contributed by atoms with Crippen LogP contribution in [0.2, 0.25) is 0 Å². The maximum absolute atomic E-state index is 4.28. The summed E-state index contributed by atoms with van der Waals surface area (Å²) in [6.45, 7) is 6.38. The van der Waals surface area contributed by atoms with Crippen molar-refractivity contribution in [3.8, 4) is 0 Å². The van der Waals surface area contributed by atoms with Crippen molar-refractivity contribution in [1.29, 1.82) is 0 Å². The zero-order valence-corrected chi connectivity index (χ0v) is 7.96. The van der Waals surface area contributed by atoms with Crippen molar-refractivity contribution in [2.45, 2.75) is 33.2 Å². The van der Waals surface area contributed by atoms with Gasteiger partial charge in [0, 0.05) is 12.2 Å². The van der Waals surface area contributed by atoms with Crippen LogP contribution in [0.5, 0.6) is 0 Å². The lowest BCUT2D eigenvalue weighted by molar-refractivity contribution is 0.881. The van der Waals surface area contributed by atoms with Gasteiger partial charge in [-0.1, -0.05) is 13.0 Å². The Morgan fingerprint density at radius 1 is 1.50 bits per heavy atom. The Bertz CT molecular complexity index is 243.